The number of carbonyl (C=O) groups excluding carboxylic acids is 2. The fourth-order valence-corrected chi connectivity index (χ4v) is 5.06. The molecule has 0 saturated heterocycles. The van der Waals surface area contributed by atoms with E-state index in [1.165, 1.54) is 36.6 Å². The molecule has 2 atom stereocenters. The zero-order valence-corrected chi connectivity index (χ0v) is 22.3. The second kappa shape index (κ2) is 14.9. The maximum absolute atomic E-state index is 15.0. The summed E-state index contributed by atoms with van der Waals surface area (Å²) in [5.74, 6) is -4.15. The molecule has 1 saturated carbocycles. The third kappa shape index (κ3) is 7.89. The van der Waals surface area contributed by atoms with E-state index >= 15 is 4.39 Å². The Labute approximate surface area is 218 Å². The highest BCUT2D eigenvalue weighted by atomic mass is 19.2. The van der Waals surface area contributed by atoms with Gasteiger partial charge in [-0.1, -0.05) is 64.0 Å². The molecule has 0 heterocycles. The first-order valence-electron chi connectivity index (χ1n) is 13.4. The van der Waals surface area contributed by atoms with Crippen molar-refractivity contribution in [2.24, 2.45) is 5.41 Å². The average Bonchev–Trinajstić information content (AvgIpc) is 3.34. The van der Waals surface area contributed by atoms with Crippen molar-refractivity contribution >= 4 is 18.0 Å². The number of amides is 1. The smallest absolute Gasteiger partial charge is 0.410 e. The third-order valence-electron chi connectivity index (χ3n) is 7.30. The normalized spacial score (nSPS) is 19.0. The fourth-order valence-electron chi connectivity index (χ4n) is 5.06. The lowest BCUT2D eigenvalue weighted by molar-refractivity contribution is -0.168. The van der Waals surface area contributed by atoms with E-state index in [1.807, 2.05) is 0 Å². The predicted molar refractivity (Wildman–Crippen MR) is 135 cm³/mol. The molecule has 2 unspecified atom stereocenters. The van der Waals surface area contributed by atoms with Crippen LogP contribution in [-0.4, -0.2) is 47.8 Å². The van der Waals surface area contributed by atoms with E-state index in [4.69, 9.17) is 9.47 Å². The number of carbonyl (C=O) groups is 3. The monoisotopic (exact) mass is 525 g/mol. The van der Waals surface area contributed by atoms with Crippen molar-refractivity contribution in [2.75, 3.05) is 13.7 Å². The van der Waals surface area contributed by atoms with Gasteiger partial charge in [0.1, 0.15) is 0 Å². The molecule has 0 aliphatic heterocycles. The lowest BCUT2D eigenvalue weighted by Gasteiger charge is -2.29. The number of carboxylic acid groups (broad SMARTS) is 1. The lowest BCUT2D eigenvalue weighted by atomic mass is 9.86. The van der Waals surface area contributed by atoms with Gasteiger partial charge in [0, 0.05) is 11.6 Å². The summed E-state index contributed by atoms with van der Waals surface area (Å²) in [6.45, 7) is 3.47. The maximum atomic E-state index is 15.0. The van der Waals surface area contributed by atoms with E-state index in [1.54, 1.807) is 13.0 Å². The third-order valence-corrected chi connectivity index (χ3v) is 7.30. The highest BCUT2D eigenvalue weighted by Gasteiger charge is 2.54. The van der Waals surface area contributed by atoms with E-state index in [2.05, 4.69) is 6.92 Å². The molecule has 0 spiro atoms. The molecule has 2 rings (SSSR count). The van der Waals surface area contributed by atoms with Crippen LogP contribution in [0.1, 0.15) is 95.6 Å². The van der Waals surface area contributed by atoms with Crippen molar-refractivity contribution in [1.82, 2.24) is 4.90 Å². The number of rotatable bonds is 15. The van der Waals surface area contributed by atoms with Crippen LogP contribution >= 0.6 is 0 Å². The second-order valence-electron chi connectivity index (χ2n) is 9.84. The summed E-state index contributed by atoms with van der Waals surface area (Å²) in [5, 5.41) is 9.76. The number of esters is 1. The van der Waals surface area contributed by atoms with Crippen LogP contribution in [0.25, 0.3) is 0 Å². The first-order chi connectivity index (χ1) is 17.7. The van der Waals surface area contributed by atoms with Crippen molar-refractivity contribution < 1.29 is 37.7 Å². The van der Waals surface area contributed by atoms with Crippen molar-refractivity contribution in [2.45, 2.75) is 103 Å². The molecular weight excluding hydrogens is 484 g/mol. The van der Waals surface area contributed by atoms with E-state index in [0.29, 0.717) is 12.0 Å². The zero-order valence-electron chi connectivity index (χ0n) is 22.3. The molecule has 0 radical (unpaired) electrons. The van der Waals surface area contributed by atoms with Crippen LogP contribution in [0, 0.1) is 17.0 Å². The molecule has 1 amide bonds. The molecule has 1 N–H and O–H groups in total. The second-order valence-corrected chi connectivity index (χ2v) is 9.84. The number of ether oxygens (including phenoxy) is 2. The summed E-state index contributed by atoms with van der Waals surface area (Å²) in [6.07, 6.45) is 8.42. The topological polar surface area (TPSA) is 93.1 Å². The minimum atomic E-state index is -1.80. The molecule has 1 fully saturated rings. The number of hydrogen-bond acceptors (Lipinski definition) is 5. The number of halogens is 2. The van der Waals surface area contributed by atoms with Gasteiger partial charge in [0.25, 0.3) is 0 Å². The van der Waals surface area contributed by atoms with Gasteiger partial charge in [-0.05, 0) is 44.6 Å². The van der Waals surface area contributed by atoms with Crippen molar-refractivity contribution in [3.8, 4) is 0 Å². The molecule has 1 aliphatic carbocycles. The SMILES string of the molecule is CCCCCCCCCCc1ccc(CN(C(=O)OC)C2CCC(C(=O)O)(C(=O)OCC)C2)c(F)c1F. The van der Waals surface area contributed by atoms with E-state index in [-0.39, 0.29) is 38.0 Å². The predicted octanol–water partition coefficient (Wildman–Crippen LogP) is 6.40. The zero-order chi connectivity index (χ0) is 27.4. The van der Waals surface area contributed by atoms with Crippen molar-refractivity contribution in [3.63, 3.8) is 0 Å². The largest absolute Gasteiger partial charge is 0.480 e. The molecule has 9 heteroatoms. The Hall–Kier alpha value is -2.71. The average molecular weight is 526 g/mol. The first-order valence-corrected chi connectivity index (χ1v) is 13.4. The van der Waals surface area contributed by atoms with Crippen LogP contribution in [0.4, 0.5) is 13.6 Å². The Balaban J connectivity index is 2.07. The minimum Gasteiger partial charge on any atom is -0.480 e. The van der Waals surface area contributed by atoms with Gasteiger partial charge in [0.05, 0.1) is 20.3 Å². The molecular formula is C28H41F2NO6. The summed E-state index contributed by atoms with van der Waals surface area (Å²) in [4.78, 5) is 38.2. The Morgan fingerprint density at radius 3 is 2.19 bits per heavy atom. The molecule has 1 aromatic carbocycles. The van der Waals surface area contributed by atoms with Crippen molar-refractivity contribution in [3.05, 3.63) is 34.9 Å². The molecule has 208 valence electrons. The van der Waals surface area contributed by atoms with Gasteiger partial charge < -0.3 is 19.5 Å². The van der Waals surface area contributed by atoms with Crippen LogP contribution < -0.4 is 0 Å². The molecule has 0 aromatic heterocycles. The molecule has 0 bridgehead atoms. The van der Waals surface area contributed by atoms with Crippen LogP contribution in [0.3, 0.4) is 0 Å². The number of hydrogen-bond donors (Lipinski definition) is 1. The number of nitrogens with zero attached hydrogens (tertiary/aromatic N) is 1. The summed E-state index contributed by atoms with van der Waals surface area (Å²) in [5.41, 5.74) is -1.53. The number of aryl methyl sites for hydroxylation is 1. The Kier molecular flexibility index (Phi) is 12.3. The number of aliphatic carboxylic acids is 1. The van der Waals surface area contributed by atoms with Crippen LogP contribution in [0.15, 0.2) is 12.1 Å². The summed E-state index contributed by atoms with van der Waals surface area (Å²) in [6, 6.07) is 2.28. The van der Waals surface area contributed by atoms with Crippen LogP contribution in [-0.2, 0) is 32.0 Å². The van der Waals surface area contributed by atoms with Gasteiger partial charge in [-0.25, -0.2) is 13.6 Å². The number of carboxylic acids is 1. The Morgan fingerprint density at radius 2 is 1.59 bits per heavy atom. The quantitative estimate of drug-likeness (QED) is 0.162. The minimum absolute atomic E-state index is 0.0229. The molecule has 1 aromatic rings. The summed E-state index contributed by atoms with van der Waals surface area (Å²) >= 11 is 0. The van der Waals surface area contributed by atoms with E-state index in [9.17, 15) is 23.9 Å². The lowest BCUT2D eigenvalue weighted by Crippen LogP contribution is -2.43. The van der Waals surface area contributed by atoms with Gasteiger partial charge in [-0.3, -0.25) is 9.59 Å². The standard InChI is InChI=1S/C28H41F2NO6/c1-4-6-7-8-9-10-11-12-13-20-14-15-21(24(30)23(20)29)19-31(27(35)36-3)22-16-17-28(18-22,25(32)33)26(34)37-5-2/h14-15,22H,4-13,16-19H2,1-3H3,(H,32,33). The number of methoxy groups -OCH3 is 1. The van der Waals surface area contributed by atoms with Gasteiger partial charge in [-0.2, -0.15) is 0 Å². The number of unbranched alkanes of at least 4 members (excludes halogenated alkanes) is 7. The molecule has 1 aliphatic rings. The van der Waals surface area contributed by atoms with Crippen molar-refractivity contribution in [1.29, 1.82) is 0 Å². The molecule has 7 nitrogen and oxygen atoms in total. The van der Waals surface area contributed by atoms with Gasteiger partial charge in [0.15, 0.2) is 17.0 Å². The van der Waals surface area contributed by atoms with Crippen LogP contribution in [0.2, 0.25) is 0 Å². The van der Waals surface area contributed by atoms with Gasteiger partial charge >= 0.3 is 18.0 Å². The fraction of sp³-hybridized carbons (Fsp3) is 0.679. The highest BCUT2D eigenvalue weighted by molar-refractivity contribution is 5.99. The van der Waals surface area contributed by atoms with Crippen LogP contribution in [0.5, 0.6) is 0 Å². The number of benzene rings is 1. The van der Waals surface area contributed by atoms with E-state index in [0.717, 1.165) is 32.8 Å². The Morgan fingerprint density at radius 1 is 1.00 bits per heavy atom. The Bertz CT molecular complexity index is 924. The van der Waals surface area contributed by atoms with Gasteiger partial charge in [-0.15, -0.1) is 0 Å². The summed E-state index contributed by atoms with van der Waals surface area (Å²) in [7, 11) is 1.16. The maximum Gasteiger partial charge on any atom is 0.410 e. The summed E-state index contributed by atoms with van der Waals surface area (Å²) < 4.78 is 39.7. The van der Waals surface area contributed by atoms with Gasteiger partial charge in [0.2, 0.25) is 0 Å². The first kappa shape index (κ1) is 30.5. The highest BCUT2D eigenvalue weighted by Crippen LogP contribution is 2.42. The van der Waals surface area contributed by atoms with E-state index < -0.39 is 41.1 Å². The molecule has 37 heavy (non-hydrogen) atoms.